The number of hydrogen-bond acceptors (Lipinski definition) is 2. The van der Waals surface area contributed by atoms with Crippen LogP contribution in [0.2, 0.25) is 0 Å². The van der Waals surface area contributed by atoms with Crippen LogP contribution in [-0.2, 0) is 0 Å². The Morgan fingerprint density at radius 2 is 2.24 bits per heavy atom. The van der Waals surface area contributed by atoms with Gasteiger partial charge in [-0.2, -0.15) is 0 Å². The molecule has 0 fully saturated rings. The fourth-order valence-electron chi connectivity index (χ4n) is 1.74. The predicted molar refractivity (Wildman–Crippen MR) is 63.5 cm³/mol. The zero-order valence-electron chi connectivity index (χ0n) is 9.84. The minimum absolute atomic E-state index is 0.145. The van der Waals surface area contributed by atoms with Gasteiger partial charge in [0, 0.05) is 17.5 Å². The number of amides is 1. The van der Waals surface area contributed by atoms with Crippen LogP contribution in [0.15, 0.2) is 22.6 Å². The average molecular weight is 235 g/mol. The summed E-state index contributed by atoms with van der Waals surface area (Å²) in [5.41, 5.74) is 0.819. The lowest BCUT2D eigenvalue weighted by Gasteiger charge is -2.00. The zero-order chi connectivity index (χ0) is 12.4. The van der Waals surface area contributed by atoms with Gasteiger partial charge in [-0.1, -0.05) is 19.1 Å². The molecule has 4 heteroatoms. The number of furan rings is 1. The molecular formula is C13H14FNO2. The van der Waals surface area contributed by atoms with Crippen molar-refractivity contribution in [3.05, 3.63) is 35.3 Å². The third-order valence-electron chi connectivity index (χ3n) is 2.66. The summed E-state index contributed by atoms with van der Waals surface area (Å²) in [5.74, 6) is -0.543. The second kappa shape index (κ2) is 4.57. The van der Waals surface area contributed by atoms with Crippen LogP contribution in [0.25, 0.3) is 11.0 Å². The fourth-order valence-corrected chi connectivity index (χ4v) is 1.74. The second-order valence-electron chi connectivity index (χ2n) is 3.93. The van der Waals surface area contributed by atoms with Crippen molar-refractivity contribution in [2.24, 2.45) is 0 Å². The maximum absolute atomic E-state index is 13.5. The van der Waals surface area contributed by atoms with Crippen molar-refractivity contribution in [2.45, 2.75) is 20.3 Å². The molecule has 1 heterocycles. The number of hydrogen-bond donors (Lipinski definition) is 1. The minimum Gasteiger partial charge on any atom is -0.448 e. The Morgan fingerprint density at radius 1 is 1.47 bits per heavy atom. The molecule has 2 aromatic rings. The van der Waals surface area contributed by atoms with Gasteiger partial charge in [0.05, 0.1) is 0 Å². The minimum atomic E-state index is -0.444. The molecule has 0 spiro atoms. The first-order valence-corrected chi connectivity index (χ1v) is 5.61. The quantitative estimate of drug-likeness (QED) is 0.888. The maximum atomic E-state index is 13.5. The van der Waals surface area contributed by atoms with Crippen LogP contribution in [-0.4, -0.2) is 12.5 Å². The highest BCUT2D eigenvalue weighted by Gasteiger charge is 2.18. The van der Waals surface area contributed by atoms with Gasteiger partial charge < -0.3 is 9.73 Å². The third kappa shape index (κ3) is 2.02. The summed E-state index contributed by atoms with van der Waals surface area (Å²) in [7, 11) is 0. The number of aryl methyl sites for hydroxylation is 1. The number of fused-ring (bicyclic) bond motifs is 1. The van der Waals surface area contributed by atoms with Gasteiger partial charge in [0.1, 0.15) is 0 Å². The molecule has 1 aromatic heterocycles. The highest BCUT2D eigenvalue weighted by molar-refractivity contribution is 5.98. The van der Waals surface area contributed by atoms with Crippen molar-refractivity contribution in [3.63, 3.8) is 0 Å². The molecule has 0 bridgehead atoms. The second-order valence-corrected chi connectivity index (χ2v) is 3.93. The Kier molecular flexibility index (Phi) is 3.13. The van der Waals surface area contributed by atoms with Gasteiger partial charge in [-0.25, -0.2) is 4.39 Å². The van der Waals surface area contributed by atoms with Gasteiger partial charge in [0.2, 0.25) is 0 Å². The Labute approximate surface area is 98.6 Å². The third-order valence-corrected chi connectivity index (χ3v) is 2.66. The normalized spacial score (nSPS) is 10.8. The molecule has 0 radical (unpaired) electrons. The molecule has 0 aliphatic carbocycles. The molecule has 3 nitrogen and oxygen atoms in total. The lowest BCUT2D eigenvalue weighted by Crippen LogP contribution is -2.24. The first kappa shape index (κ1) is 11.6. The van der Waals surface area contributed by atoms with Gasteiger partial charge in [-0.3, -0.25) is 4.79 Å². The van der Waals surface area contributed by atoms with Gasteiger partial charge in [-0.05, 0) is 19.4 Å². The first-order valence-electron chi connectivity index (χ1n) is 5.61. The van der Waals surface area contributed by atoms with Gasteiger partial charge in [0.25, 0.3) is 5.91 Å². The van der Waals surface area contributed by atoms with E-state index in [0.717, 1.165) is 6.42 Å². The van der Waals surface area contributed by atoms with E-state index in [9.17, 15) is 9.18 Å². The number of nitrogens with one attached hydrogen (secondary N) is 1. The van der Waals surface area contributed by atoms with Crippen molar-refractivity contribution >= 4 is 16.9 Å². The van der Waals surface area contributed by atoms with Crippen LogP contribution in [0, 0.1) is 12.7 Å². The molecular weight excluding hydrogens is 221 g/mol. The zero-order valence-corrected chi connectivity index (χ0v) is 9.84. The van der Waals surface area contributed by atoms with E-state index in [1.165, 1.54) is 6.07 Å². The van der Waals surface area contributed by atoms with E-state index in [-0.39, 0.29) is 17.3 Å². The number of carbonyl (C=O) groups excluding carboxylic acids is 1. The van der Waals surface area contributed by atoms with Gasteiger partial charge in [0.15, 0.2) is 17.2 Å². The standard InChI is InChI=1S/C13H14FNO2/c1-3-7-15-13(16)11-8(2)9-5-4-6-10(14)12(9)17-11/h4-6H,3,7H2,1-2H3,(H,15,16). The summed E-state index contributed by atoms with van der Waals surface area (Å²) >= 11 is 0. The fraction of sp³-hybridized carbons (Fsp3) is 0.308. The van der Waals surface area contributed by atoms with Gasteiger partial charge >= 0.3 is 0 Å². The van der Waals surface area contributed by atoms with E-state index in [1.807, 2.05) is 6.92 Å². The predicted octanol–water partition coefficient (Wildman–Crippen LogP) is 3.02. The van der Waals surface area contributed by atoms with E-state index in [1.54, 1.807) is 19.1 Å². The molecule has 1 aromatic carbocycles. The Bertz CT molecular complexity index is 560. The van der Waals surface area contributed by atoms with Crippen molar-refractivity contribution in [1.82, 2.24) is 5.32 Å². The summed E-state index contributed by atoms with van der Waals surface area (Å²) in [6.45, 7) is 4.30. The largest absolute Gasteiger partial charge is 0.448 e. The molecule has 90 valence electrons. The SMILES string of the molecule is CCCNC(=O)c1oc2c(F)cccc2c1C. The number of rotatable bonds is 3. The average Bonchev–Trinajstić information content (AvgIpc) is 2.66. The van der Waals surface area contributed by atoms with E-state index < -0.39 is 5.82 Å². The molecule has 0 aliphatic heterocycles. The van der Waals surface area contributed by atoms with Gasteiger partial charge in [-0.15, -0.1) is 0 Å². The molecule has 0 saturated heterocycles. The van der Waals surface area contributed by atoms with Crippen LogP contribution in [0.5, 0.6) is 0 Å². The molecule has 0 atom stereocenters. The summed E-state index contributed by atoms with van der Waals surface area (Å²) < 4.78 is 18.8. The van der Waals surface area contributed by atoms with Crippen molar-refractivity contribution in [3.8, 4) is 0 Å². The van der Waals surface area contributed by atoms with E-state index >= 15 is 0 Å². The molecule has 0 saturated carbocycles. The smallest absolute Gasteiger partial charge is 0.287 e. The van der Waals surface area contributed by atoms with Crippen LogP contribution in [0.1, 0.15) is 29.5 Å². The first-order chi connectivity index (χ1) is 8.15. The number of para-hydroxylation sites is 1. The van der Waals surface area contributed by atoms with Crippen LogP contribution in [0.4, 0.5) is 4.39 Å². The lowest BCUT2D eigenvalue weighted by molar-refractivity contribution is 0.0927. The summed E-state index contributed by atoms with van der Waals surface area (Å²) in [5, 5.41) is 3.36. The summed E-state index contributed by atoms with van der Waals surface area (Å²) in [4.78, 5) is 11.8. The lowest BCUT2D eigenvalue weighted by atomic mass is 10.1. The molecule has 17 heavy (non-hydrogen) atoms. The molecule has 0 aliphatic rings. The summed E-state index contributed by atoms with van der Waals surface area (Å²) in [6, 6.07) is 4.67. The Balaban J connectivity index is 2.45. The number of halogens is 1. The molecule has 1 N–H and O–H groups in total. The maximum Gasteiger partial charge on any atom is 0.287 e. The van der Waals surface area contributed by atoms with Crippen molar-refractivity contribution < 1.29 is 13.6 Å². The number of carbonyl (C=O) groups is 1. The highest BCUT2D eigenvalue weighted by atomic mass is 19.1. The Hall–Kier alpha value is -1.84. The molecule has 2 rings (SSSR count). The van der Waals surface area contributed by atoms with Crippen LogP contribution >= 0.6 is 0 Å². The summed E-state index contributed by atoms with van der Waals surface area (Å²) in [6.07, 6.45) is 0.847. The molecule has 0 unspecified atom stereocenters. The van der Waals surface area contributed by atoms with Crippen molar-refractivity contribution in [1.29, 1.82) is 0 Å². The van der Waals surface area contributed by atoms with E-state index in [4.69, 9.17) is 4.42 Å². The van der Waals surface area contributed by atoms with Crippen molar-refractivity contribution in [2.75, 3.05) is 6.54 Å². The topological polar surface area (TPSA) is 42.2 Å². The van der Waals surface area contributed by atoms with E-state index in [2.05, 4.69) is 5.32 Å². The number of benzene rings is 1. The van der Waals surface area contributed by atoms with E-state index in [0.29, 0.717) is 17.5 Å². The molecule has 1 amide bonds. The van der Waals surface area contributed by atoms with Crippen LogP contribution in [0.3, 0.4) is 0 Å². The van der Waals surface area contributed by atoms with Crippen LogP contribution < -0.4 is 5.32 Å². The Morgan fingerprint density at radius 3 is 2.88 bits per heavy atom. The highest BCUT2D eigenvalue weighted by Crippen LogP contribution is 2.27. The monoisotopic (exact) mass is 235 g/mol.